The van der Waals surface area contributed by atoms with E-state index in [9.17, 15) is 9.59 Å². The van der Waals surface area contributed by atoms with Gasteiger partial charge in [-0.25, -0.2) is 4.79 Å². The van der Waals surface area contributed by atoms with Crippen LogP contribution in [0.2, 0.25) is 0 Å². The van der Waals surface area contributed by atoms with E-state index in [1.165, 1.54) is 10.8 Å². The summed E-state index contributed by atoms with van der Waals surface area (Å²) < 4.78 is 6.47. The van der Waals surface area contributed by atoms with Gasteiger partial charge in [0.25, 0.3) is 5.56 Å². The van der Waals surface area contributed by atoms with Crippen LogP contribution in [0.15, 0.2) is 40.1 Å². The van der Waals surface area contributed by atoms with Gasteiger partial charge in [0.1, 0.15) is 11.3 Å². The number of aromatic nitrogens is 2. The third-order valence-electron chi connectivity index (χ3n) is 2.70. The number of hydrogen-bond donors (Lipinski definition) is 1. The molecule has 0 unspecified atom stereocenters. The summed E-state index contributed by atoms with van der Waals surface area (Å²) in [5.41, 5.74) is 0.187. The molecule has 1 N–H and O–H groups in total. The van der Waals surface area contributed by atoms with Gasteiger partial charge < -0.3 is 4.74 Å². The lowest BCUT2D eigenvalue weighted by Crippen LogP contribution is -2.31. The van der Waals surface area contributed by atoms with Gasteiger partial charge in [0, 0.05) is 22.1 Å². The van der Waals surface area contributed by atoms with Crippen molar-refractivity contribution in [3.8, 4) is 16.5 Å². The van der Waals surface area contributed by atoms with Crippen molar-refractivity contribution in [3.63, 3.8) is 0 Å². The van der Waals surface area contributed by atoms with Crippen LogP contribution in [0.5, 0.6) is 5.75 Å². The second kappa shape index (κ2) is 6.26. The first kappa shape index (κ1) is 14.2. The Bertz CT molecular complexity index is 779. The highest BCUT2D eigenvalue weighted by Gasteiger charge is 2.03. The van der Waals surface area contributed by atoms with Crippen molar-refractivity contribution in [2.75, 3.05) is 7.11 Å². The number of rotatable bonds is 3. The number of halogens is 1. The maximum Gasteiger partial charge on any atom is 0.328 e. The van der Waals surface area contributed by atoms with Crippen molar-refractivity contribution in [2.45, 2.75) is 6.54 Å². The Labute approximate surface area is 123 Å². The molecule has 0 atom stereocenters. The summed E-state index contributed by atoms with van der Waals surface area (Å²) >= 11 is 2.93. The van der Waals surface area contributed by atoms with E-state index in [0.29, 0.717) is 6.54 Å². The number of nitrogens with one attached hydrogen (secondary N) is 1. The van der Waals surface area contributed by atoms with Crippen LogP contribution in [0.4, 0.5) is 0 Å². The maximum atomic E-state index is 11.7. The fourth-order valence-corrected chi connectivity index (χ4v) is 1.91. The Morgan fingerprint density at radius 1 is 1.30 bits per heavy atom. The van der Waals surface area contributed by atoms with Gasteiger partial charge >= 0.3 is 5.69 Å². The van der Waals surface area contributed by atoms with E-state index < -0.39 is 11.2 Å². The monoisotopic (exact) mass is 334 g/mol. The summed E-state index contributed by atoms with van der Waals surface area (Å²) in [6.07, 6.45) is 1.44. The minimum Gasteiger partial charge on any atom is -0.497 e. The SMILES string of the molecule is COc1ccc(Cn2cc(C#CBr)c(=O)[nH]c2=O)cc1. The standard InChI is InChI=1S/C14H11BrN2O3/c1-20-12-4-2-10(3-5-12)8-17-9-11(6-7-15)13(18)16-14(17)19/h2-5,9H,8H2,1H3,(H,16,18,19). The third-order valence-corrected chi connectivity index (χ3v) is 2.90. The molecule has 0 radical (unpaired) electrons. The van der Waals surface area contributed by atoms with Gasteiger partial charge in [0.15, 0.2) is 0 Å². The minimum atomic E-state index is -0.493. The van der Waals surface area contributed by atoms with Crippen LogP contribution in [-0.2, 0) is 6.54 Å². The molecule has 0 saturated heterocycles. The lowest BCUT2D eigenvalue weighted by atomic mass is 10.2. The van der Waals surface area contributed by atoms with Crippen molar-refractivity contribution >= 4 is 15.9 Å². The Balaban J connectivity index is 2.36. The number of ether oxygens (including phenoxy) is 1. The Kier molecular flexibility index (Phi) is 4.43. The first-order chi connectivity index (χ1) is 9.63. The molecule has 0 amide bonds. The highest BCUT2D eigenvalue weighted by molar-refractivity contribution is 9.12. The Morgan fingerprint density at radius 2 is 2.00 bits per heavy atom. The molecule has 6 heteroatoms. The molecule has 0 bridgehead atoms. The summed E-state index contributed by atoms with van der Waals surface area (Å²) in [5.74, 6) is 3.33. The van der Waals surface area contributed by atoms with E-state index in [-0.39, 0.29) is 5.56 Å². The molecule has 1 heterocycles. The molecule has 20 heavy (non-hydrogen) atoms. The van der Waals surface area contributed by atoms with Gasteiger partial charge in [-0.15, -0.1) is 0 Å². The zero-order valence-corrected chi connectivity index (χ0v) is 12.2. The van der Waals surface area contributed by atoms with E-state index in [4.69, 9.17) is 4.74 Å². The number of benzene rings is 1. The van der Waals surface area contributed by atoms with Gasteiger partial charge in [0.05, 0.1) is 13.7 Å². The van der Waals surface area contributed by atoms with Crippen molar-refractivity contribution in [1.29, 1.82) is 0 Å². The van der Waals surface area contributed by atoms with Crippen LogP contribution < -0.4 is 16.0 Å². The van der Waals surface area contributed by atoms with Crippen LogP contribution in [0.3, 0.4) is 0 Å². The summed E-state index contributed by atoms with van der Waals surface area (Å²) in [4.78, 5) is 28.0. The van der Waals surface area contributed by atoms with Crippen molar-refractivity contribution in [2.24, 2.45) is 0 Å². The second-order valence-electron chi connectivity index (χ2n) is 4.00. The third kappa shape index (κ3) is 3.19. The summed E-state index contributed by atoms with van der Waals surface area (Å²) in [6.45, 7) is 0.344. The highest BCUT2D eigenvalue weighted by Crippen LogP contribution is 2.11. The summed E-state index contributed by atoms with van der Waals surface area (Å²) in [5, 5.41) is 0. The predicted octanol–water partition coefficient (Wildman–Crippen LogP) is 1.30. The molecule has 0 aliphatic heterocycles. The zero-order valence-electron chi connectivity index (χ0n) is 10.6. The van der Waals surface area contributed by atoms with Gasteiger partial charge in [-0.1, -0.05) is 12.1 Å². The molecule has 1 aromatic heterocycles. The average Bonchev–Trinajstić information content (AvgIpc) is 2.45. The summed E-state index contributed by atoms with van der Waals surface area (Å²) in [6, 6.07) is 7.33. The lowest BCUT2D eigenvalue weighted by molar-refractivity contribution is 0.414. The van der Waals surface area contributed by atoms with E-state index in [2.05, 4.69) is 31.7 Å². The van der Waals surface area contributed by atoms with Gasteiger partial charge in [-0.2, -0.15) is 0 Å². The fraction of sp³-hybridized carbons (Fsp3) is 0.143. The molecule has 102 valence electrons. The molecule has 1 aromatic carbocycles. The maximum absolute atomic E-state index is 11.7. The summed E-state index contributed by atoms with van der Waals surface area (Å²) in [7, 11) is 1.59. The Morgan fingerprint density at radius 3 is 2.60 bits per heavy atom. The zero-order chi connectivity index (χ0) is 14.5. The fourth-order valence-electron chi connectivity index (χ4n) is 1.69. The van der Waals surface area contributed by atoms with Gasteiger partial charge in [-0.05, 0) is 28.4 Å². The Hall–Kier alpha value is -2.26. The number of methoxy groups -OCH3 is 1. The van der Waals surface area contributed by atoms with E-state index >= 15 is 0 Å². The molecule has 5 nitrogen and oxygen atoms in total. The number of nitrogens with zero attached hydrogens (tertiary/aromatic N) is 1. The molecular weight excluding hydrogens is 324 g/mol. The van der Waals surface area contributed by atoms with Gasteiger partial charge in [0.2, 0.25) is 0 Å². The normalized spacial score (nSPS) is 9.70. The minimum absolute atomic E-state index is 0.231. The second-order valence-corrected chi connectivity index (χ2v) is 4.39. The quantitative estimate of drug-likeness (QED) is 0.860. The van der Waals surface area contributed by atoms with Crippen molar-refractivity contribution in [1.82, 2.24) is 9.55 Å². The molecule has 2 rings (SSSR count). The molecule has 0 aliphatic carbocycles. The molecular formula is C14H11BrN2O3. The van der Waals surface area contributed by atoms with Crippen LogP contribution in [0.1, 0.15) is 11.1 Å². The number of H-pyrrole nitrogens is 1. The molecule has 2 aromatic rings. The van der Waals surface area contributed by atoms with E-state index in [1.807, 2.05) is 24.3 Å². The largest absolute Gasteiger partial charge is 0.497 e. The average molecular weight is 335 g/mol. The van der Waals surface area contributed by atoms with Crippen LogP contribution in [0.25, 0.3) is 0 Å². The molecule has 0 saturated carbocycles. The van der Waals surface area contributed by atoms with E-state index in [1.54, 1.807) is 7.11 Å². The molecule has 0 spiro atoms. The van der Waals surface area contributed by atoms with Crippen LogP contribution in [0, 0.1) is 10.8 Å². The number of aromatic amines is 1. The lowest BCUT2D eigenvalue weighted by Gasteiger charge is -2.06. The molecule has 0 fully saturated rings. The topological polar surface area (TPSA) is 64.1 Å². The van der Waals surface area contributed by atoms with E-state index in [0.717, 1.165) is 11.3 Å². The van der Waals surface area contributed by atoms with Gasteiger partial charge in [-0.3, -0.25) is 14.3 Å². The number of hydrogen-bond acceptors (Lipinski definition) is 3. The van der Waals surface area contributed by atoms with Crippen LogP contribution >= 0.6 is 15.9 Å². The predicted molar refractivity (Wildman–Crippen MR) is 79.2 cm³/mol. The van der Waals surface area contributed by atoms with Crippen molar-refractivity contribution < 1.29 is 4.74 Å². The molecule has 0 aliphatic rings. The smallest absolute Gasteiger partial charge is 0.328 e. The van der Waals surface area contributed by atoms with Crippen LogP contribution in [-0.4, -0.2) is 16.7 Å². The van der Waals surface area contributed by atoms with Crippen molar-refractivity contribution in [3.05, 3.63) is 62.4 Å². The first-order valence-electron chi connectivity index (χ1n) is 5.72. The first-order valence-corrected chi connectivity index (χ1v) is 6.51. The highest BCUT2D eigenvalue weighted by atomic mass is 79.9.